The number of fused-ring (bicyclic) bond motifs is 1. The Morgan fingerprint density at radius 1 is 1.07 bits per heavy atom. The second-order valence-electron chi connectivity index (χ2n) is 6.08. The zero-order valence-electron chi connectivity index (χ0n) is 15.0. The van der Waals surface area contributed by atoms with E-state index >= 15 is 0 Å². The molecule has 0 radical (unpaired) electrons. The zero-order valence-corrected chi connectivity index (χ0v) is 15.8. The summed E-state index contributed by atoms with van der Waals surface area (Å²) in [4.78, 5) is 29.6. The van der Waals surface area contributed by atoms with Gasteiger partial charge >= 0.3 is 0 Å². The molecule has 2 aromatic carbocycles. The van der Waals surface area contributed by atoms with Gasteiger partial charge in [-0.3, -0.25) is 14.6 Å². The molecule has 138 valence electrons. The smallest absolute Gasteiger partial charge is 0.251 e. The molecule has 0 bridgehead atoms. The van der Waals surface area contributed by atoms with Crippen molar-refractivity contribution >= 4 is 40.2 Å². The number of thioether (sulfide) groups is 1. The molecule has 0 aliphatic heterocycles. The Bertz CT molecular complexity index is 931. The van der Waals surface area contributed by atoms with Gasteiger partial charge in [0.05, 0.1) is 17.4 Å². The van der Waals surface area contributed by atoms with Crippen LogP contribution in [0.3, 0.4) is 0 Å². The van der Waals surface area contributed by atoms with E-state index in [4.69, 9.17) is 0 Å². The number of anilines is 1. The SMILES string of the molecule is CSCC[C@@H](NC(=O)c1ccccc1)C(=O)Nc1cnc2ccccc2c1. The van der Waals surface area contributed by atoms with Gasteiger partial charge in [-0.1, -0.05) is 36.4 Å². The molecule has 1 heterocycles. The fourth-order valence-corrected chi connectivity index (χ4v) is 3.18. The monoisotopic (exact) mass is 379 g/mol. The van der Waals surface area contributed by atoms with E-state index in [-0.39, 0.29) is 11.8 Å². The average molecular weight is 379 g/mol. The Hall–Kier alpha value is -2.86. The fraction of sp³-hybridized carbons (Fsp3) is 0.190. The number of amides is 2. The summed E-state index contributed by atoms with van der Waals surface area (Å²) >= 11 is 1.63. The van der Waals surface area contributed by atoms with Crippen LogP contribution in [0.5, 0.6) is 0 Å². The van der Waals surface area contributed by atoms with Crippen molar-refractivity contribution in [1.82, 2.24) is 10.3 Å². The predicted octanol–water partition coefficient (Wildman–Crippen LogP) is 3.73. The number of pyridine rings is 1. The first-order valence-electron chi connectivity index (χ1n) is 8.68. The topological polar surface area (TPSA) is 71.1 Å². The molecule has 5 nitrogen and oxygen atoms in total. The minimum atomic E-state index is -0.614. The first-order chi connectivity index (χ1) is 13.2. The molecule has 2 N–H and O–H groups in total. The predicted molar refractivity (Wildman–Crippen MR) is 111 cm³/mol. The molecule has 0 aliphatic carbocycles. The highest BCUT2D eigenvalue weighted by molar-refractivity contribution is 7.98. The van der Waals surface area contributed by atoms with Crippen molar-refractivity contribution in [2.24, 2.45) is 0 Å². The van der Waals surface area contributed by atoms with Crippen molar-refractivity contribution in [2.45, 2.75) is 12.5 Å². The third-order valence-corrected chi connectivity index (χ3v) is 4.77. The van der Waals surface area contributed by atoms with Gasteiger partial charge in [0.2, 0.25) is 5.91 Å². The zero-order chi connectivity index (χ0) is 19.1. The van der Waals surface area contributed by atoms with Crippen LogP contribution in [-0.2, 0) is 4.79 Å². The summed E-state index contributed by atoms with van der Waals surface area (Å²) < 4.78 is 0. The minimum Gasteiger partial charge on any atom is -0.340 e. The molecular weight excluding hydrogens is 358 g/mol. The minimum absolute atomic E-state index is 0.245. The molecule has 3 rings (SSSR count). The molecule has 1 aromatic heterocycles. The summed E-state index contributed by atoms with van der Waals surface area (Å²) in [6.07, 6.45) is 4.15. The standard InChI is InChI=1S/C21H21N3O2S/c1-27-12-11-19(24-20(25)15-7-3-2-4-8-15)21(26)23-17-13-16-9-5-6-10-18(16)22-14-17/h2-10,13-14,19H,11-12H2,1H3,(H,23,26)(H,24,25)/t19-/m1/s1. The Labute approximate surface area is 162 Å². The summed E-state index contributed by atoms with van der Waals surface area (Å²) in [7, 11) is 0. The molecule has 0 unspecified atom stereocenters. The molecule has 0 aliphatic rings. The van der Waals surface area contributed by atoms with Crippen LogP contribution in [0, 0.1) is 0 Å². The van der Waals surface area contributed by atoms with E-state index in [0.29, 0.717) is 17.7 Å². The van der Waals surface area contributed by atoms with Crippen LogP contribution in [0.4, 0.5) is 5.69 Å². The number of nitrogens with one attached hydrogen (secondary N) is 2. The third-order valence-electron chi connectivity index (χ3n) is 4.13. The van der Waals surface area contributed by atoms with E-state index < -0.39 is 6.04 Å². The maximum absolute atomic E-state index is 12.8. The van der Waals surface area contributed by atoms with Crippen molar-refractivity contribution in [1.29, 1.82) is 0 Å². The first-order valence-corrected chi connectivity index (χ1v) is 10.1. The maximum atomic E-state index is 12.8. The number of benzene rings is 2. The van der Waals surface area contributed by atoms with Crippen LogP contribution in [0.25, 0.3) is 10.9 Å². The van der Waals surface area contributed by atoms with Crippen LogP contribution in [-0.4, -0.2) is 34.8 Å². The number of aromatic nitrogens is 1. The largest absolute Gasteiger partial charge is 0.340 e. The van der Waals surface area contributed by atoms with Crippen LogP contribution >= 0.6 is 11.8 Å². The number of carbonyl (C=O) groups excluding carboxylic acids is 2. The normalized spacial score (nSPS) is 11.7. The summed E-state index contributed by atoms with van der Waals surface area (Å²) in [6, 6.07) is 17.9. The molecule has 0 saturated heterocycles. The molecule has 0 spiro atoms. The number of para-hydroxylation sites is 1. The van der Waals surface area contributed by atoms with Gasteiger partial charge in [0.25, 0.3) is 5.91 Å². The van der Waals surface area contributed by atoms with Gasteiger partial charge in [-0.2, -0.15) is 11.8 Å². The van der Waals surface area contributed by atoms with Crippen LogP contribution in [0.1, 0.15) is 16.8 Å². The van der Waals surface area contributed by atoms with Crippen molar-refractivity contribution in [3.05, 3.63) is 72.4 Å². The maximum Gasteiger partial charge on any atom is 0.251 e. The Morgan fingerprint density at radius 3 is 2.59 bits per heavy atom. The molecule has 0 saturated carbocycles. The average Bonchev–Trinajstić information content (AvgIpc) is 2.71. The Morgan fingerprint density at radius 2 is 1.81 bits per heavy atom. The van der Waals surface area contributed by atoms with Gasteiger partial charge in [-0.25, -0.2) is 0 Å². The van der Waals surface area contributed by atoms with Crippen molar-refractivity contribution in [3.63, 3.8) is 0 Å². The Balaban J connectivity index is 1.72. The lowest BCUT2D eigenvalue weighted by atomic mass is 10.1. The van der Waals surface area contributed by atoms with Crippen molar-refractivity contribution < 1.29 is 9.59 Å². The number of hydrogen-bond acceptors (Lipinski definition) is 4. The second kappa shape index (κ2) is 9.19. The van der Waals surface area contributed by atoms with Crippen LogP contribution < -0.4 is 10.6 Å². The van der Waals surface area contributed by atoms with Gasteiger partial charge in [0, 0.05) is 10.9 Å². The lowest BCUT2D eigenvalue weighted by molar-refractivity contribution is -0.118. The van der Waals surface area contributed by atoms with Crippen molar-refractivity contribution in [2.75, 3.05) is 17.3 Å². The van der Waals surface area contributed by atoms with Crippen LogP contribution in [0.15, 0.2) is 66.9 Å². The third kappa shape index (κ3) is 5.08. The molecular formula is C21H21N3O2S. The van der Waals surface area contributed by atoms with Gasteiger partial charge in [-0.05, 0) is 42.7 Å². The molecule has 6 heteroatoms. The molecule has 2 amide bonds. The van der Waals surface area contributed by atoms with Crippen molar-refractivity contribution in [3.8, 4) is 0 Å². The van der Waals surface area contributed by atoms with Crippen LogP contribution in [0.2, 0.25) is 0 Å². The molecule has 3 aromatic rings. The lowest BCUT2D eigenvalue weighted by Gasteiger charge is -2.18. The quantitative estimate of drug-likeness (QED) is 0.656. The lowest BCUT2D eigenvalue weighted by Crippen LogP contribution is -2.44. The summed E-state index contributed by atoms with van der Waals surface area (Å²) in [6.45, 7) is 0. The number of hydrogen-bond donors (Lipinski definition) is 2. The van der Waals surface area contributed by atoms with E-state index in [2.05, 4.69) is 15.6 Å². The van der Waals surface area contributed by atoms with Gasteiger partial charge in [-0.15, -0.1) is 0 Å². The number of nitrogens with zero attached hydrogens (tertiary/aromatic N) is 1. The second-order valence-corrected chi connectivity index (χ2v) is 7.07. The highest BCUT2D eigenvalue weighted by Crippen LogP contribution is 2.16. The van der Waals surface area contributed by atoms with Gasteiger partial charge in [0.1, 0.15) is 6.04 Å². The van der Waals surface area contributed by atoms with Gasteiger partial charge < -0.3 is 10.6 Å². The highest BCUT2D eigenvalue weighted by atomic mass is 32.2. The summed E-state index contributed by atoms with van der Waals surface area (Å²) in [5, 5.41) is 6.66. The van der Waals surface area contributed by atoms with E-state index in [1.54, 1.807) is 42.2 Å². The molecule has 27 heavy (non-hydrogen) atoms. The van der Waals surface area contributed by atoms with E-state index in [0.717, 1.165) is 16.7 Å². The van der Waals surface area contributed by atoms with E-state index in [1.165, 1.54) is 0 Å². The molecule has 0 fully saturated rings. The number of carbonyl (C=O) groups is 2. The first kappa shape index (κ1) is 18.9. The summed E-state index contributed by atoms with van der Waals surface area (Å²) in [5.74, 6) is 0.266. The van der Waals surface area contributed by atoms with E-state index in [9.17, 15) is 9.59 Å². The molecule has 1 atom stereocenters. The highest BCUT2D eigenvalue weighted by Gasteiger charge is 2.21. The fourth-order valence-electron chi connectivity index (χ4n) is 2.70. The Kier molecular flexibility index (Phi) is 6.44. The van der Waals surface area contributed by atoms with Gasteiger partial charge in [0.15, 0.2) is 0 Å². The number of rotatable bonds is 7. The summed E-state index contributed by atoms with van der Waals surface area (Å²) in [5.41, 5.74) is 2.01. The van der Waals surface area contributed by atoms with E-state index in [1.807, 2.05) is 42.7 Å².